The van der Waals surface area contributed by atoms with Gasteiger partial charge in [-0.3, -0.25) is 4.57 Å². The molecule has 1 saturated carbocycles. The normalized spacial score (nSPS) is 15.2. The number of rotatable bonds is 3. The topological polar surface area (TPSA) is 30.7 Å². The van der Waals surface area contributed by atoms with Gasteiger partial charge in [-0.05, 0) is 43.4 Å². The first-order valence-corrected chi connectivity index (χ1v) is 7.15. The molecule has 1 aromatic heterocycles. The van der Waals surface area contributed by atoms with E-state index < -0.39 is 0 Å². The molecule has 0 aliphatic heterocycles. The fourth-order valence-electron chi connectivity index (χ4n) is 1.85. The first-order valence-electron chi connectivity index (χ1n) is 5.55. The largest absolute Gasteiger partial charge is 0.274 e. The molecule has 0 radical (unpaired) electrons. The van der Waals surface area contributed by atoms with E-state index in [1.165, 1.54) is 12.8 Å². The SMILES string of the molecule is CSc1nnc(C2CC2)n1-c1ccc(Cl)cc1. The maximum absolute atomic E-state index is 5.92. The van der Waals surface area contributed by atoms with Crippen LogP contribution in [0.25, 0.3) is 5.69 Å². The zero-order valence-electron chi connectivity index (χ0n) is 9.43. The molecule has 0 amide bonds. The summed E-state index contributed by atoms with van der Waals surface area (Å²) in [5.74, 6) is 1.66. The predicted octanol–water partition coefficient (Wildman–Crippen LogP) is 3.52. The molecule has 1 fully saturated rings. The monoisotopic (exact) mass is 265 g/mol. The number of halogens is 1. The van der Waals surface area contributed by atoms with Crippen molar-refractivity contribution in [1.29, 1.82) is 0 Å². The molecule has 1 aliphatic carbocycles. The van der Waals surface area contributed by atoms with Crippen LogP contribution in [0, 0.1) is 0 Å². The van der Waals surface area contributed by atoms with Gasteiger partial charge in [0.2, 0.25) is 0 Å². The Morgan fingerprint density at radius 1 is 1.24 bits per heavy atom. The summed E-state index contributed by atoms with van der Waals surface area (Å²) in [6.07, 6.45) is 4.47. The van der Waals surface area contributed by atoms with Crippen LogP contribution in [0.15, 0.2) is 29.4 Å². The predicted molar refractivity (Wildman–Crippen MR) is 70.1 cm³/mol. The molecule has 2 aromatic rings. The summed E-state index contributed by atoms with van der Waals surface area (Å²) in [5.41, 5.74) is 1.09. The van der Waals surface area contributed by atoms with E-state index in [0.29, 0.717) is 5.92 Å². The lowest BCUT2D eigenvalue weighted by atomic mass is 10.3. The van der Waals surface area contributed by atoms with Crippen molar-refractivity contribution in [2.75, 3.05) is 6.26 Å². The Morgan fingerprint density at radius 3 is 2.53 bits per heavy atom. The molecule has 0 bridgehead atoms. The van der Waals surface area contributed by atoms with E-state index in [4.69, 9.17) is 11.6 Å². The van der Waals surface area contributed by atoms with Crippen LogP contribution in [0.5, 0.6) is 0 Å². The quantitative estimate of drug-likeness (QED) is 0.796. The summed E-state index contributed by atoms with van der Waals surface area (Å²) < 4.78 is 2.14. The van der Waals surface area contributed by atoms with E-state index in [9.17, 15) is 0 Å². The van der Waals surface area contributed by atoms with E-state index >= 15 is 0 Å². The lowest BCUT2D eigenvalue weighted by Crippen LogP contribution is -2.01. The summed E-state index contributed by atoms with van der Waals surface area (Å²) >= 11 is 7.53. The second-order valence-electron chi connectivity index (χ2n) is 4.13. The minimum absolute atomic E-state index is 0.582. The van der Waals surface area contributed by atoms with Crippen LogP contribution < -0.4 is 0 Å². The fourth-order valence-corrected chi connectivity index (χ4v) is 2.48. The smallest absolute Gasteiger partial charge is 0.195 e. The number of benzene rings is 1. The molecule has 3 nitrogen and oxygen atoms in total. The summed E-state index contributed by atoms with van der Waals surface area (Å²) in [6.45, 7) is 0. The molecule has 0 unspecified atom stereocenters. The first-order chi connectivity index (χ1) is 8.29. The van der Waals surface area contributed by atoms with Crippen molar-refractivity contribution >= 4 is 23.4 Å². The van der Waals surface area contributed by atoms with Gasteiger partial charge in [-0.1, -0.05) is 23.4 Å². The first kappa shape index (κ1) is 11.1. The lowest BCUT2D eigenvalue weighted by molar-refractivity contribution is 0.831. The van der Waals surface area contributed by atoms with Crippen molar-refractivity contribution in [3.05, 3.63) is 35.1 Å². The number of hydrogen-bond donors (Lipinski definition) is 0. The highest BCUT2D eigenvalue weighted by atomic mass is 35.5. The minimum Gasteiger partial charge on any atom is -0.274 e. The molecule has 1 heterocycles. The Labute approximate surface area is 109 Å². The zero-order valence-corrected chi connectivity index (χ0v) is 11.0. The van der Waals surface area contributed by atoms with E-state index in [1.807, 2.05) is 30.5 Å². The Morgan fingerprint density at radius 2 is 1.94 bits per heavy atom. The lowest BCUT2D eigenvalue weighted by Gasteiger charge is -2.08. The fraction of sp³-hybridized carbons (Fsp3) is 0.333. The van der Waals surface area contributed by atoms with Crippen LogP contribution in [-0.2, 0) is 0 Å². The van der Waals surface area contributed by atoms with Crippen LogP contribution in [0.1, 0.15) is 24.6 Å². The second-order valence-corrected chi connectivity index (χ2v) is 5.34. The average molecular weight is 266 g/mol. The van der Waals surface area contributed by atoms with E-state index in [1.54, 1.807) is 11.8 Å². The van der Waals surface area contributed by atoms with Crippen LogP contribution in [0.4, 0.5) is 0 Å². The maximum Gasteiger partial charge on any atom is 0.195 e. The molecule has 0 spiro atoms. The third kappa shape index (κ3) is 2.07. The summed E-state index contributed by atoms with van der Waals surface area (Å²) in [5, 5.41) is 10.2. The Kier molecular flexibility index (Phi) is 2.84. The summed E-state index contributed by atoms with van der Waals surface area (Å²) in [4.78, 5) is 0. The van der Waals surface area contributed by atoms with Crippen molar-refractivity contribution < 1.29 is 0 Å². The average Bonchev–Trinajstić information content (AvgIpc) is 3.10. The molecule has 0 atom stereocenters. The van der Waals surface area contributed by atoms with Gasteiger partial charge in [0.1, 0.15) is 5.82 Å². The highest BCUT2D eigenvalue weighted by Gasteiger charge is 2.30. The third-order valence-electron chi connectivity index (χ3n) is 2.87. The van der Waals surface area contributed by atoms with E-state index in [-0.39, 0.29) is 0 Å². The zero-order chi connectivity index (χ0) is 11.8. The van der Waals surface area contributed by atoms with Crippen molar-refractivity contribution in [3.63, 3.8) is 0 Å². The Hall–Kier alpha value is -1.00. The number of nitrogens with zero attached hydrogens (tertiary/aromatic N) is 3. The molecular formula is C12H12ClN3S. The maximum atomic E-state index is 5.92. The minimum atomic E-state index is 0.582. The Bertz CT molecular complexity index is 531. The van der Waals surface area contributed by atoms with Gasteiger partial charge in [0.15, 0.2) is 5.16 Å². The van der Waals surface area contributed by atoms with Crippen LogP contribution in [0.3, 0.4) is 0 Å². The van der Waals surface area contributed by atoms with E-state index in [0.717, 1.165) is 21.7 Å². The number of thioether (sulfide) groups is 1. The molecule has 0 N–H and O–H groups in total. The van der Waals surface area contributed by atoms with Crippen LogP contribution >= 0.6 is 23.4 Å². The van der Waals surface area contributed by atoms with Crippen molar-refractivity contribution in [2.45, 2.75) is 23.9 Å². The highest BCUT2D eigenvalue weighted by Crippen LogP contribution is 2.40. The third-order valence-corrected chi connectivity index (χ3v) is 3.75. The molecule has 5 heteroatoms. The van der Waals surface area contributed by atoms with Gasteiger partial charge in [0, 0.05) is 16.6 Å². The number of hydrogen-bond acceptors (Lipinski definition) is 3. The van der Waals surface area contributed by atoms with Gasteiger partial charge in [-0.25, -0.2) is 0 Å². The van der Waals surface area contributed by atoms with Crippen molar-refractivity contribution in [1.82, 2.24) is 14.8 Å². The van der Waals surface area contributed by atoms with Crippen LogP contribution in [0.2, 0.25) is 5.02 Å². The van der Waals surface area contributed by atoms with Gasteiger partial charge < -0.3 is 0 Å². The van der Waals surface area contributed by atoms with Gasteiger partial charge in [0.25, 0.3) is 0 Å². The Balaban J connectivity index is 2.10. The molecule has 17 heavy (non-hydrogen) atoms. The van der Waals surface area contributed by atoms with Crippen LogP contribution in [-0.4, -0.2) is 21.0 Å². The molecule has 1 aromatic carbocycles. The second kappa shape index (κ2) is 4.35. The standard InChI is InChI=1S/C12H12ClN3S/c1-17-12-15-14-11(8-2-3-8)16(12)10-6-4-9(13)5-7-10/h4-8H,2-3H2,1H3. The molecule has 0 saturated heterocycles. The van der Waals surface area contributed by atoms with Crippen molar-refractivity contribution in [2.24, 2.45) is 0 Å². The van der Waals surface area contributed by atoms with Gasteiger partial charge in [-0.2, -0.15) is 0 Å². The molecule has 88 valence electrons. The summed E-state index contributed by atoms with van der Waals surface area (Å²) in [7, 11) is 0. The van der Waals surface area contributed by atoms with E-state index in [2.05, 4.69) is 14.8 Å². The molecule has 1 aliphatic rings. The van der Waals surface area contributed by atoms with Gasteiger partial charge in [-0.15, -0.1) is 10.2 Å². The molecule has 3 rings (SSSR count). The summed E-state index contributed by atoms with van der Waals surface area (Å²) in [6, 6.07) is 7.82. The number of aromatic nitrogens is 3. The van der Waals surface area contributed by atoms with Gasteiger partial charge in [0.05, 0.1) is 0 Å². The molecular weight excluding hydrogens is 254 g/mol. The van der Waals surface area contributed by atoms with Crippen molar-refractivity contribution in [3.8, 4) is 5.69 Å². The highest BCUT2D eigenvalue weighted by molar-refractivity contribution is 7.98. The van der Waals surface area contributed by atoms with Gasteiger partial charge >= 0.3 is 0 Å².